The molecule has 20 heavy (non-hydrogen) atoms. The maximum Gasteiger partial charge on any atom is 0.191 e. The molecule has 0 aromatic rings. The molecular formula is C15H30N4S. The van der Waals surface area contributed by atoms with Crippen LogP contribution in [0.3, 0.4) is 0 Å². The highest BCUT2D eigenvalue weighted by atomic mass is 32.2. The Labute approximate surface area is 128 Å². The number of rotatable bonds is 5. The zero-order valence-electron chi connectivity index (χ0n) is 13.5. The average Bonchev–Trinajstić information content (AvgIpc) is 2.67. The van der Waals surface area contributed by atoms with Gasteiger partial charge in [0.05, 0.1) is 12.1 Å². The lowest BCUT2D eigenvalue weighted by atomic mass is 9.79. The molecule has 116 valence electrons. The zero-order chi connectivity index (χ0) is 14.8. The van der Waals surface area contributed by atoms with Crippen LogP contribution in [0.1, 0.15) is 34.1 Å². The fraction of sp³-hybridized carbons (Fsp3) is 0.933. The molecule has 2 rings (SSSR count). The SMILES string of the molecule is CCN(CC)CCN1C(N)=NCC12CSCC(C)(C)C2. The quantitative estimate of drug-likeness (QED) is 0.841. The molecule has 1 spiro atoms. The Morgan fingerprint density at radius 3 is 2.60 bits per heavy atom. The standard InChI is InChI=1S/C15H30N4S/c1-5-18(6-2)7-8-19-13(16)17-10-15(19)9-14(3,4)11-20-12-15/h5-12H2,1-4H3,(H2,16,17). The molecule has 1 fully saturated rings. The molecule has 0 amide bonds. The molecule has 2 heterocycles. The fourth-order valence-corrected chi connectivity index (χ4v) is 5.05. The Kier molecular flexibility index (Phi) is 4.90. The highest BCUT2D eigenvalue weighted by Gasteiger charge is 2.48. The molecular weight excluding hydrogens is 268 g/mol. The van der Waals surface area contributed by atoms with Crippen molar-refractivity contribution in [3.8, 4) is 0 Å². The molecule has 0 radical (unpaired) electrons. The lowest BCUT2D eigenvalue weighted by Crippen LogP contribution is -2.59. The summed E-state index contributed by atoms with van der Waals surface area (Å²) in [6, 6.07) is 0. The molecule has 2 aliphatic rings. The average molecular weight is 299 g/mol. The van der Waals surface area contributed by atoms with E-state index in [1.807, 2.05) is 0 Å². The maximum absolute atomic E-state index is 6.19. The van der Waals surface area contributed by atoms with Crippen LogP contribution in [0.5, 0.6) is 0 Å². The molecule has 0 aromatic carbocycles. The van der Waals surface area contributed by atoms with Crippen LogP contribution in [-0.4, -0.2) is 65.5 Å². The molecule has 1 atom stereocenters. The van der Waals surface area contributed by atoms with E-state index in [9.17, 15) is 0 Å². The summed E-state index contributed by atoms with van der Waals surface area (Å²) in [5.74, 6) is 3.17. The molecule has 0 aromatic heterocycles. The van der Waals surface area contributed by atoms with Gasteiger partial charge in [-0.2, -0.15) is 11.8 Å². The molecule has 4 nitrogen and oxygen atoms in total. The van der Waals surface area contributed by atoms with Gasteiger partial charge in [-0.15, -0.1) is 0 Å². The molecule has 0 saturated carbocycles. The maximum atomic E-state index is 6.19. The van der Waals surface area contributed by atoms with Crippen LogP contribution in [0, 0.1) is 5.41 Å². The number of nitrogens with two attached hydrogens (primary N) is 1. The number of likely N-dealkylation sites (N-methyl/N-ethyl adjacent to an activating group) is 1. The summed E-state index contributed by atoms with van der Waals surface area (Å²) in [5.41, 5.74) is 6.75. The zero-order valence-corrected chi connectivity index (χ0v) is 14.3. The fourth-order valence-electron chi connectivity index (χ4n) is 3.56. The summed E-state index contributed by atoms with van der Waals surface area (Å²) in [4.78, 5) is 9.44. The first-order valence-corrected chi connectivity index (χ1v) is 8.95. The van der Waals surface area contributed by atoms with E-state index in [0.29, 0.717) is 5.41 Å². The lowest BCUT2D eigenvalue weighted by molar-refractivity contribution is 0.134. The first kappa shape index (κ1) is 16.0. The molecule has 0 aliphatic carbocycles. The van der Waals surface area contributed by atoms with E-state index in [4.69, 9.17) is 5.73 Å². The van der Waals surface area contributed by atoms with Gasteiger partial charge >= 0.3 is 0 Å². The largest absolute Gasteiger partial charge is 0.370 e. The second kappa shape index (κ2) is 6.14. The topological polar surface area (TPSA) is 44.9 Å². The molecule has 2 aliphatic heterocycles. The summed E-state index contributed by atoms with van der Waals surface area (Å²) in [6.07, 6.45) is 1.20. The Hall–Kier alpha value is -0.420. The molecule has 2 N–H and O–H groups in total. The highest BCUT2D eigenvalue weighted by Crippen LogP contribution is 2.43. The van der Waals surface area contributed by atoms with Gasteiger partial charge in [0, 0.05) is 18.8 Å². The van der Waals surface area contributed by atoms with Crippen molar-refractivity contribution in [1.82, 2.24) is 9.80 Å². The van der Waals surface area contributed by atoms with E-state index in [0.717, 1.165) is 38.7 Å². The van der Waals surface area contributed by atoms with Crippen LogP contribution < -0.4 is 5.73 Å². The number of nitrogens with zero attached hydrogens (tertiary/aromatic N) is 3. The van der Waals surface area contributed by atoms with Crippen molar-refractivity contribution >= 4 is 17.7 Å². The van der Waals surface area contributed by atoms with Crippen LogP contribution in [-0.2, 0) is 0 Å². The second-order valence-corrected chi connectivity index (χ2v) is 7.90. The summed E-state index contributed by atoms with van der Waals surface area (Å²) in [7, 11) is 0. The van der Waals surface area contributed by atoms with Crippen LogP contribution in [0.2, 0.25) is 0 Å². The van der Waals surface area contributed by atoms with Crippen LogP contribution in [0.25, 0.3) is 0 Å². The minimum Gasteiger partial charge on any atom is -0.370 e. The summed E-state index contributed by atoms with van der Waals surface area (Å²) >= 11 is 2.07. The van der Waals surface area contributed by atoms with Gasteiger partial charge in [-0.1, -0.05) is 27.7 Å². The Bertz CT molecular complexity index is 365. The van der Waals surface area contributed by atoms with Gasteiger partial charge < -0.3 is 15.5 Å². The monoisotopic (exact) mass is 298 g/mol. The van der Waals surface area contributed by atoms with Crippen LogP contribution in [0.4, 0.5) is 0 Å². The Balaban J connectivity index is 2.06. The highest BCUT2D eigenvalue weighted by molar-refractivity contribution is 7.99. The van der Waals surface area contributed by atoms with Gasteiger partial charge in [-0.25, -0.2) is 0 Å². The van der Waals surface area contributed by atoms with E-state index >= 15 is 0 Å². The molecule has 1 saturated heterocycles. The third-order valence-corrected chi connectivity index (χ3v) is 6.32. The lowest BCUT2D eigenvalue weighted by Gasteiger charge is -2.48. The number of thioether (sulfide) groups is 1. The summed E-state index contributed by atoms with van der Waals surface area (Å²) < 4.78 is 0. The first-order chi connectivity index (χ1) is 9.42. The van der Waals surface area contributed by atoms with E-state index in [1.165, 1.54) is 17.9 Å². The van der Waals surface area contributed by atoms with E-state index in [-0.39, 0.29) is 5.54 Å². The van der Waals surface area contributed by atoms with E-state index in [1.54, 1.807) is 0 Å². The number of hydrogen-bond acceptors (Lipinski definition) is 5. The minimum absolute atomic E-state index is 0.170. The van der Waals surface area contributed by atoms with Crippen molar-refractivity contribution in [2.45, 2.75) is 39.7 Å². The number of aliphatic imine (C=N–C) groups is 1. The van der Waals surface area contributed by atoms with Crippen molar-refractivity contribution in [3.05, 3.63) is 0 Å². The van der Waals surface area contributed by atoms with Gasteiger partial charge in [-0.3, -0.25) is 4.99 Å². The summed E-state index contributed by atoms with van der Waals surface area (Å²) in [5, 5.41) is 0. The van der Waals surface area contributed by atoms with Crippen molar-refractivity contribution < 1.29 is 0 Å². The van der Waals surface area contributed by atoms with Gasteiger partial charge in [0.15, 0.2) is 5.96 Å². The van der Waals surface area contributed by atoms with Crippen molar-refractivity contribution in [2.24, 2.45) is 16.1 Å². The molecule has 5 heteroatoms. The van der Waals surface area contributed by atoms with Crippen molar-refractivity contribution in [1.29, 1.82) is 0 Å². The van der Waals surface area contributed by atoms with E-state index in [2.05, 4.69) is 54.2 Å². The third kappa shape index (κ3) is 3.25. The first-order valence-electron chi connectivity index (χ1n) is 7.80. The van der Waals surface area contributed by atoms with Crippen LogP contribution >= 0.6 is 11.8 Å². The van der Waals surface area contributed by atoms with Gasteiger partial charge in [0.1, 0.15) is 0 Å². The smallest absolute Gasteiger partial charge is 0.191 e. The molecule has 0 bridgehead atoms. The van der Waals surface area contributed by atoms with Crippen molar-refractivity contribution in [2.75, 3.05) is 44.2 Å². The third-order valence-electron chi connectivity index (χ3n) is 4.59. The van der Waals surface area contributed by atoms with Gasteiger partial charge in [0.2, 0.25) is 0 Å². The Morgan fingerprint density at radius 1 is 1.30 bits per heavy atom. The van der Waals surface area contributed by atoms with Crippen LogP contribution in [0.15, 0.2) is 4.99 Å². The predicted molar refractivity (Wildman–Crippen MR) is 89.4 cm³/mol. The number of guanidine groups is 1. The van der Waals surface area contributed by atoms with E-state index < -0.39 is 0 Å². The van der Waals surface area contributed by atoms with Crippen molar-refractivity contribution in [3.63, 3.8) is 0 Å². The normalized spacial score (nSPS) is 29.2. The minimum atomic E-state index is 0.170. The number of hydrogen-bond donors (Lipinski definition) is 1. The predicted octanol–water partition coefficient (Wildman–Crippen LogP) is 1.86. The van der Waals surface area contributed by atoms with Gasteiger partial charge in [-0.05, 0) is 30.7 Å². The molecule has 1 unspecified atom stereocenters. The Morgan fingerprint density at radius 2 is 2.00 bits per heavy atom. The second-order valence-electron chi connectivity index (χ2n) is 6.91. The van der Waals surface area contributed by atoms with Gasteiger partial charge in [0.25, 0.3) is 0 Å². The summed E-state index contributed by atoms with van der Waals surface area (Å²) in [6.45, 7) is 14.4.